The number of nitrogens with one attached hydrogen (secondary N) is 1. The number of carbonyl (C=O) groups excluding carboxylic acids is 4. The predicted octanol–water partition coefficient (Wildman–Crippen LogP) is 7.40. The Hall–Kier alpha value is -5.66. The molecule has 12 nitrogen and oxygen atoms in total. The quantitative estimate of drug-likeness (QED) is 0.0846. The maximum absolute atomic E-state index is 14.8. The van der Waals surface area contributed by atoms with Crippen LogP contribution < -0.4 is 11.1 Å². The van der Waals surface area contributed by atoms with E-state index in [0.717, 1.165) is 23.3 Å². The van der Waals surface area contributed by atoms with Crippen LogP contribution in [0.2, 0.25) is 0 Å². The van der Waals surface area contributed by atoms with E-state index in [1.54, 1.807) is 64.6 Å². The van der Waals surface area contributed by atoms with Crippen molar-refractivity contribution in [1.82, 2.24) is 20.2 Å². The first-order chi connectivity index (χ1) is 25.9. The first kappa shape index (κ1) is 40.5. The third kappa shape index (κ3) is 11.0. The number of unbranched alkanes of at least 4 members (excludes halogenated alkanes) is 1. The molecule has 0 saturated carbocycles. The second kappa shape index (κ2) is 16.8. The van der Waals surface area contributed by atoms with E-state index in [1.165, 1.54) is 0 Å². The van der Waals surface area contributed by atoms with Crippen molar-refractivity contribution in [2.75, 3.05) is 12.3 Å². The van der Waals surface area contributed by atoms with Crippen LogP contribution in [0.4, 0.5) is 19.5 Å². The van der Waals surface area contributed by atoms with Crippen molar-refractivity contribution >= 4 is 40.8 Å². The standard InChI is InChI=1S/C41H47F2N5O7/c1-40(2,3)54-34(49)19-25(11-9-10-16-45-39(52)55-41(4,5)6)37(51)53-23-28-18-31(42)32(43)20-29(28)24-14-15-33-30(17-24)35(47-38(44)46-33)36(50)48-21-26-12-7-8-13-27(26)22-48/h7-8,12-15,17-18,20,25H,9-11,16,19,21-23H2,1-6H3,(H,45,52)(H2,44,46,47)/t25-/m1/s1. The van der Waals surface area contributed by atoms with Gasteiger partial charge in [0, 0.05) is 30.6 Å². The Labute approximate surface area is 318 Å². The van der Waals surface area contributed by atoms with Gasteiger partial charge in [-0.2, -0.15) is 0 Å². The number of nitrogen functional groups attached to an aromatic ring is 1. The average Bonchev–Trinajstić information content (AvgIpc) is 3.53. The minimum atomic E-state index is -1.15. The smallest absolute Gasteiger partial charge is 0.407 e. The molecule has 55 heavy (non-hydrogen) atoms. The number of benzene rings is 3. The molecule has 4 aromatic rings. The lowest BCUT2D eigenvalue weighted by molar-refractivity contribution is -0.162. The number of hydrogen-bond acceptors (Lipinski definition) is 10. The monoisotopic (exact) mass is 759 g/mol. The van der Waals surface area contributed by atoms with Crippen molar-refractivity contribution in [3.05, 3.63) is 88.6 Å². The van der Waals surface area contributed by atoms with Crippen LogP contribution in [0.25, 0.3) is 22.0 Å². The van der Waals surface area contributed by atoms with Crippen molar-refractivity contribution in [3.8, 4) is 11.1 Å². The number of hydrogen-bond donors (Lipinski definition) is 2. The zero-order chi connectivity index (χ0) is 40.1. The topological polar surface area (TPSA) is 163 Å². The maximum Gasteiger partial charge on any atom is 0.407 e. The molecule has 2 heterocycles. The molecule has 1 aromatic heterocycles. The summed E-state index contributed by atoms with van der Waals surface area (Å²) in [6.45, 7) is 11.0. The van der Waals surface area contributed by atoms with Crippen molar-refractivity contribution in [2.24, 2.45) is 5.92 Å². The summed E-state index contributed by atoms with van der Waals surface area (Å²) in [4.78, 5) is 62.4. The van der Waals surface area contributed by atoms with Crippen LogP contribution in [-0.2, 0) is 43.5 Å². The van der Waals surface area contributed by atoms with Gasteiger partial charge in [-0.3, -0.25) is 14.4 Å². The van der Waals surface area contributed by atoms with Gasteiger partial charge in [0.2, 0.25) is 5.95 Å². The van der Waals surface area contributed by atoms with E-state index >= 15 is 0 Å². The molecule has 0 fully saturated rings. The van der Waals surface area contributed by atoms with Gasteiger partial charge in [0.05, 0.1) is 17.9 Å². The van der Waals surface area contributed by atoms with Crippen LogP contribution in [0, 0.1) is 17.6 Å². The normalized spacial score (nSPS) is 13.3. The second-order valence-electron chi connectivity index (χ2n) is 15.5. The summed E-state index contributed by atoms with van der Waals surface area (Å²) in [5, 5.41) is 3.01. The van der Waals surface area contributed by atoms with Gasteiger partial charge in [-0.05, 0) is 101 Å². The van der Waals surface area contributed by atoms with Gasteiger partial charge < -0.3 is 30.2 Å². The number of amides is 2. The van der Waals surface area contributed by atoms with E-state index in [2.05, 4.69) is 15.3 Å². The number of fused-ring (bicyclic) bond motifs is 2. The number of alkyl carbamates (subject to hydrolysis) is 1. The molecule has 0 aliphatic carbocycles. The summed E-state index contributed by atoms with van der Waals surface area (Å²) in [7, 11) is 0. The Morgan fingerprint density at radius 1 is 0.873 bits per heavy atom. The van der Waals surface area contributed by atoms with E-state index in [-0.39, 0.29) is 48.1 Å². The minimum absolute atomic E-state index is 0.0546. The number of ether oxygens (including phenoxy) is 3. The number of nitrogens with two attached hydrogens (primary N) is 1. The Morgan fingerprint density at radius 3 is 2.18 bits per heavy atom. The fourth-order valence-corrected chi connectivity index (χ4v) is 6.25. The van der Waals surface area contributed by atoms with Gasteiger partial charge in [-0.1, -0.05) is 36.8 Å². The van der Waals surface area contributed by atoms with Gasteiger partial charge in [-0.25, -0.2) is 23.5 Å². The van der Waals surface area contributed by atoms with Gasteiger partial charge in [0.25, 0.3) is 5.91 Å². The lowest BCUT2D eigenvalue weighted by atomic mass is 9.97. The molecule has 1 aliphatic rings. The van der Waals surface area contributed by atoms with Gasteiger partial charge in [-0.15, -0.1) is 0 Å². The number of rotatable bonds is 12. The van der Waals surface area contributed by atoms with Crippen LogP contribution in [0.3, 0.4) is 0 Å². The molecular weight excluding hydrogens is 712 g/mol. The fourth-order valence-electron chi connectivity index (χ4n) is 6.25. The van der Waals surface area contributed by atoms with Crippen LogP contribution in [-0.4, -0.2) is 56.6 Å². The number of esters is 2. The second-order valence-corrected chi connectivity index (χ2v) is 15.5. The highest BCUT2D eigenvalue weighted by Gasteiger charge is 2.29. The number of carbonyl (C=O) groups is 4. The Balaban J connectivity index is 1.35. The van der Waals surface area contributed by atoms with Gasteiger partial charge in [0.1, 0.15) is 23.5 Å². The molecular formula is C41H47F2N5O7. The van der Waals surface area contributed by atoms with Crippen LogP contribution in [0.1, 0.15) is 94.4 Å². The van der Waals surface area contributed by atoms with Crippen molar-refractivity contribution in [2.45, 2.75) is 98.1 Å². The molecule has 0 spiro atoms. The summed E-state index contributed by atoms with van der Waals surface area (Å²) in [5.74, 6) is -5.00. The highest BCUT2D eigenvalue weighted by atomic mass is 19.2. The summed E-state index contributed by atoms with van der Waals surface area (Å²) < 4.78 is 45.9. The minimum Gasteiger partial charge on any atom is -0.461 e. The first-order valence-electron chi connectivity index (χ1n) is 18.1. The molecule has 14 heteroatoms. The molecule has 0 bridgehead atoms. The molecule has 1 atom stereocenters. The van der Waals surface area contributed by atoms with Crippen molar-refractivity contribution in [3.63, 3.8) is 0 Å². The third-order valence-corrected chi connectivity index (χ3v) is 8.68. The fraction of sp³-hybridized carbons (Fsp3) is 0.415. The number of aromatic nitrogens is 2. The van der Waals surface area contributed by atoms with E-state index in [0.29, 0.717) is 42.4 Å². The summed E-state index contributed by atoms with van der Waals surface area (Å²) in [5.41, 5.74) is 7.76. The van der Waals surface area contributed by atoms with Crippen molar-refractivity contribution in [1.29, 1.82) is 0 Å². The lowest BCUT2D eigenvalue weighted by Crippen LogP contribution is -2.33. The Morgan fingerprint density at radius 2 is 1.53 bits per heavy atom. The average molecular weight is 760 g/mol. The van der Waals surface area contributed by atoms with Gasteiger partial charge >= 0.3 is 18.0 Å². The Bertz CT molecular complexity index is 2070. The number of anilines is 1. The summed E-state index contributed by atoms with van der Waals surface area (Å²) >= 11 is 0. The van der Waals surface area contributed by atoms with E-state index in [4.69, 9.17) is 19.9 Å². The van der Waals surface area contributed by atoms with Crippen molar-refractivity contribution < 1.29 is 42.2 Å². The number of nitrogens with zero attached hydrogens (tertiary/aromatic N) is 3. The maximum atomic E-state index is 14.8. The largest absolute Gasteiger partial charge is 0.461 e. The lowest BCUT2D eigenvalue weighted by Gasteiger charge is -2.22. The molecule has 1 aliphatic heterocycles. The molecule has 2 amide bonds. The third-order valence-electron chi connectivity index (χ3n) is 8.68. The zero-order valence-electron chi connectivity index (χ0n) is 32.0. The molecule has 5 rings (SSSR count). The number of halogens is 2. The molecule has 0 unspecified atom stereocenters. The zero-order valence-corrected chi connectivity index (χ0v) is 32.0. The Kier molecular flexibility index (Phi) is 12.4. The summed E-state index contributed by atoms with van der Waals surface area (Å²) in [6, 6.07) is 14.5. The molecule has 0 radical (unpaired) electrons. The summed E-state index contributed by atoms with van der Waals surface area (Å²) in [6.07, 6.45) is 0.321. The van der Waals surface area contributed by atoms with E-state index in [9.17, 15) is 28.0 Å². The van der Waals surface area contributed by atoms with Crippen LogP contribution >= 0.6 is 0 Å². The molecule has 292 valence electrons. The van der Waals surface area contributed by atoms with Crippen LogP contribution in [0.15, 0.2) is 54.6 Å². The van der Waals surface area contributed by atoms with Crippen LogP contribution in [0.5, 0.6) is 0 Å². The highest BCUT2D eigenvalue weighted by molar-refractivity contribution is 6.06. The molecule has 3 N–H and O–H groups in total. The van der Waals surface area contributed by atoms with E-state index in [1.807, 2.05) is 24.3 Å². The molecule has 0 saturated heterocycles. The van der Waals surface area contributed by atoms with E-state index < -0.39 is 53.4 Å². The highest BCUT2D eigenvalue weighted by Crippen LogP contribution is 2.32. The van der Waals surface area contributed by atoms with Gasteiger partial charge in [0.15, 0.2) is 11.6 Å². The SMILES string of the molecule is CC(C)(C)OC(=O)C[C@@H](CCCCNC(=O)OC(C)(C)C)C(=O)OCc1cc(F)c(F)cc1-c1ccc2nc(N)nc(C(=O)N3Cc4ccccc4C3)c2c1. The molecule has 3 aromatic carbocycles. The predicted molar refractivity (Wildman–Crippen MR) is 201 cm³/mol. The first-order valence-corrected chi connectivity index (χ1v) is 18.1.